The lowest BCUT2D eigenvalue weighted by atomic mass is 9.40. The highest BCUT2D eigenvalue weighted by atomic mass is 19.1. The number of hydrogen-bond donors (Lipinski definition) is 0. The number of carbonyl (C=O) groups is 1. The van der Waals surface area contributed by atoms with Crippen LogP contribution in [0, 0.1) is 11.2 Å². The van der Waals surface area contributed by atoms with Gasteiger partial charge < -0.3 is 0 Å². The van der Waals surface area contributed by atoms with E-state index in [1.54, 1.807) is 0 Å². The van der Waals surface area contributed by atoms with Crippen molar-refractivity contribution in [3.05, 3.63) is 35.6 Å². The molecule has 1 nitrogen and oxygen atoms in total. The molecule has 3 saturated carbocycles. The molecule has 3 fully saturated rings. The molecule has 0 radical (unpaired) electrons. The SMILES string of the molecule is O=C(c1ccc(F)cc1)C12CC(F)(C1)C2. The normalized spacial score (nSPS) is 36.7. The monoisotopic (exact) mass is 208 g/mol. The Kier molecular flexibility index (Phi) is 1.48. The third-order valence-corrected chi connectivity index (χ3v) is 3.55. The second-order valence-corrected chi connectivity index (χ2v) is 4.80. The first-order valence-electron chi connectivity index (χ1n) is 5.02. The van der Waals surface area contributed by atoms with Gasteiger partial charge >= 0.3 is 0 Å². The van der Waals surface area contributed by atoms with Crippen LogP contribution in [0.5, 0.6) is 0 Å². The molecule has 1 aromatic carbocycles. The van der Waals surface area contributed by atoms with Crippen molar-refractivity contribution in [2.45, 2.75) is 24.9 Å². The minimum atomic E-state index is -1.06. The molecule has 3 heteroatoms. The molecule has 0 aromatic heterocycles. The third kappa shape index (κ3) is 1.09. The number of ketones is 1. The average Bonchev–Trinajstić information content (AvgIpc) is 2.12. The zero-order valence-electron chi connectivity index (χ0n) is 8.09. The van der Waals surface area contributed by atoms with Crippen LogP contribution in [0.2, 0.25) is 0 Å². The van der Waals surface area contributed by atoms with Crippen molar-refractivity contribution in [3.63, 3.8) is 0 Å². The van der Waals surface area contributed by atoms with E-state index in [2.05, 4.69) is 0 Å². The lowest BCUT2D eigenvalue weighted by Crippen LogP contribution is -2.67. The van der Waals surface area contributed by atoms with E-state index >= 15 is 0 Å². The van der Waals surface area contributed by atoms with E-state index in [0.717, 1.165) is 0 Å². The van der Waals surface area contributed by atoms with Crippen molar-refractivity contribution in [3.8, 4) is 0 Å². The summed E-state index contributed by atoms with van der Waals surface area (Å²) in [4.78, 5) is 12.0. The second-order valence-electron chi connectivity index (χ2n) is 4.80. The highest BCUT2D eigenvalue weighted by Gasteiger charge is 2.72. The molecule has 78 valence electrons. The van der Waals surface area contributed by atoms with E-state index in [1.165, 1.54) is 24.3 Å². The molecule has 0 saturated heterocycles. The predicted molar refractivity (Wildman–Crippen MR) is 50.9 cm³/mol. The number of rotatable bonds is 2. The average molecular weight is 208 g/mol. The summed E-state index contributed by atoms with van der Waals surface area (Å²) in [6.07, 6.45) is 1.07. The van der Waals surface area contributed by atoms with Crippen molar-refractivity contribution in [1.82, 2.24) is 0 Å². The first-order valence-corrected chi connectivity index (χ1v) is 5.02. The van der Waals surface area contributed by atoms with Crippen LogP contribution in [0.4, 0.5) is 8.78 Å². The molecule has 0 amide bonds. The van der Waals surface area contributed by atoms with Crippen molar-refractivity contribution in [2.75, 3.05) is 0 Å². The Hall–Kier alpha value is -1.25. The van der Waals surface area contributed by atoms with Crippen molar-refractivity contribution in [1.29, 1.82) is 0 Å². The van der Waals surface area contributed by atoms with Crippen LogP contribution in [0.3, 0.4) is 0 Å². The molecule has 0 spiro atoms. The van der Waals surface area contributed by atoms with Gasteiger partial charge in [-0.1, -0.05) is 0 Å². The molecule has 0 aliphatic heterocycles. The van der Waals surface area contributed by atoms with E-state index in [1.807, 2.05) is 0 Å². The second kappa shape index (κ2) is 2.46. The highest BCUT2D eigenvalue weighted by molar-refractivity contribution is 6.03. The topological polar surface area (TPSA) is 17.1 Å². The molecule has 0 heterocycles. The zero-order valence-corrected chi connectivity index (χ0v) is 8.09. The molecule has 1 aromatic rings. The fourth-order valence-corrected chi connectivity index (χ4v) is 2.81. The van der Waals surface area contributed by atoms with Crippen LogP contribution in [-0.2, 0) is 0 Å². The molecule has 0 atom stereocenters. The van der Waals surface area contributed by atoms with Crippen molar-refractivity contribution in [2.24, 2.45) is 5.41 Å². The van der Waals surface area contributed by atoms with Gasteiger partial charge in [0.05, 0.1) is 0 Å². The van der Waals surface area contributed by atoms with Gasteiger partial charge in [0.1, 0.15) is 11.5 Å². The van der Waals surface area contributed by atoms with Crippen LogP contribution in [0.1, 0.15) is 29.6 Å². The number of halogens is 2. The molecular weight excluding hydrogens is 198 g/mol. The Bertz CT molecular complexity index is 416. The lowest BCUT2D eigenvalue weighted by Gasteiger charge is -2.64. The minimum Gasteiger partial charge on any atom is -0.294 e. The van der Waals surface area contributed by atoms with Gasteiger partial charge in [-0.25, -0.2) is 8.78 Å². The molecule has 4 rings (SSSR count). The van der Waals surface area contributed by atoms with E-state index in [9.17, 15) is 13.6 Å². The summed E-state index contributed by atoms with van der Waals surface area (Å²) in [5.74, 6) is -0.381. The van der Waals surface area contributed by atoms with Gasteiger partial charge in [-0.05, 0) is 43.5 Å². The Balaban J connectivity index is 1.84. The van der Waals surface area contributed by atoms with E-state index in [-0.39, 0.29) is 11.6 Å². The van der Waals surface area contributed by atoms with Gasteiger partial charge in [-0.15, -0.1) is 0 Å². The largest absolute Gasteiger partial charge is 0.294 e. The standard InChI is InChI=1S/C12H10F2O/c13-9-3-1-8(2-4-9)10(15)11-5-12(14,6-11)7-11/h1-4H,5-7H2. The predicted octanol–water partition coefficient (Wildman–Crippen LogP) is 2.90. The van der Waals surface area contributed by atoms with E-state index < -0.39 is 11.1 Å². The highest BCUT2D eigenvalue weighted by Crippen LogP contribution is 2.70. The van der Waals surface area contributed by atoms with Gasteiger partial charge in [0.15, 0.2) is 5.78 Å². The third-order valence-electron chi connectivity index (χ3n) is 3.55. The summed E-state index contributed by atoms with van der Waals surface area (Å²) in [5, 5.41) is 0. The minimum absolute atomic E-state index is 0.0259. The first-order chi connectivity index (χ1) is 7.03. The van der Waals surface area contributed by atoms with E-state index in [4.69, 9.17) is 0 Å². The molecule has 0 unspecified atom stereocenters. The number of benzene rings is 1. The van der Waals surface area contributed by atoms with Crippen molar-refractivity contribution < 1.29 is 13.6 Å². The van der Waals surface area contributed by atoms with Gasteiger partial charge in [0.25, 0.3) is 0 Å². The van der Waals surface area contributed by atoms with Crippen LogP contribution < -0.4 is 0 Å². The summed E-state index contributed by atoms with van der Waals surface area (Å²) < 4.78 is 25.9. The first kappa shape index (κ1) is 9.01. The Morgan fingerprint density at radius 3 is 2.13 bits per heavy atom. The maximum absolute atomic E-state index is 13.2. The fourth-order valence-electron chi connectivity index (χ4n) is 2.81. The summed E-state index contributed by atoms with van der Waals surface area (Å²) >= 11 is 0. The zero-order chi connectivity index (χ0) is 10.7. The van der Waals surface area contributed by atoms with Crippen molar-refractivity contribution >= 4 is 5.78 Å². The van der Waals surface area contributed by atoms with Gasteiger partial charge in [0.2, 0.25) is 0 Å². The molecular formula is C12H10F2O. The molecule has 15 heavy (non-hydrogen) atoms. The summed E-state index contributed by atoms with van der Waals surface area (Å²) in [6, 6.07) is 5.49. The molecule has 3 aliphatic rings. The quantitative estimate of drug-likeness (QED) is 0.683. The maximum Gasteiger partial charge on any atom is 0.169 e. The van der Waals surface area contributed by atoms with Gasteiger partial charge in [0, 0.05) is 11.0 Å². The molecule has 3 aliphatic carbocycles. The van der Waals surface area contributed by atoms with E-state index in [0.29, 0.717) is 24.8 Å². The van der Waals surface area contributed by atoms with Crippen LogP contribution in [0.15, 0.2) is 24.3 Å². The summed E-state index contributed by atoms with van der Waals surface area (Å²) in [6.45, 7) is 0. The Morgan fingerprint density at radius 2 is 1.67 bits per heavy atom. The van der Waals surface area contributed by atoms with Crippen LogP contribution >= 0.6 is 0 Å². The lowest BCUT2D eigenvalue weighted by molar-refractivity contribution is -0.180. The molecule has 2 bridgehead atoms. The van der Waals surface area contributed by atoms with Crippen LogP contribution in [-0.4, -0.2) is 11.5 Å². The smallest absolute Gasteiger partial charge is 0.169 e. The molecule has 0 N–H and O–H groups in total. The fraction of sp³-hybridized carbons (Fsp3) is 0.417. The van der Waals surface area contributed by atoms with Crippen LogP contribution in [0.25, 0.3) is 0 Å². The summed E-state index contributed by atoms with van der Waals surface area (Å²) in [7, 11) is 0. The maximum atomic E-state index is 13.2. The summed E-state index contributed by atoms with van der Waals surface area (Å²) in [5.41, 5.74) is -1.01. The number of hydrogen-bond acceptors (Lipinski definition) is 1. The Labute approximate surface area is 86.1 Å². The number of Topliss-reactive ketones (excluding diaryl/α,β-unsaturated/α-hetero) is 1. The van der Waals surface area contributed by atoms with Gasteiger partial charge in [-0.3, -0.25) is 4.79 Å². The Morgan fingerprint density at radius 1 is 1.13 bits per heavy atom. The number of alkyl halides is 1. The van der Waals surface area contributed by atoms with Gasteiger partial charge in [-0.2, -0.15) is 0 Å². The number of carbonyl (C=O) groups excluding carboxylic acids is 1.